The summed E-state index contributed by atoms with van der Waals surface area (Å²) in [4.78, 5) is 17.1. The van der Waals surface area contributed by atoms with Crippen LogP contribution in [-0.2, 0) is 19.4 Å². The van der Waals surface area contributed by atoms with Gasteiger partial charge in [0, 0.05) is 26.2 Å². The molecule has 1 atom stereocenters. The van der Waals surface area contributed by atoms with Crippen LogP contribution in [0.1, 0.15) is 40.9 Å². The van der Waals surface area contributed by atoms with Crippen molar-refractivity contribution in [3.8, 4) is 5.75 Å². The number of fused-ring (bicyclic) bond motifs is 2. The van der Waals surface area contributed by atoms with Crippen molar-refractivity contribution in [3.63, 3.8) is 0 Å². The second-order valence-electron chi connectivity index (χ2n) is 8.94. The topological polar surface area (TPSA) is 53.0 Å². The molecule has 0 bridgehead atoms. The van der Waals surface area contributed by atoms with Crippen LogP contribution in [0.3, 0.4) is 0 Å². The highest BCUT2D eigenvalue weighted by atomic mass is 16.5. The molecule has 2 aromatic carbocycles. The zero-order chi connectivity index (χ0) is 21.1. The standard InChI is InChI=1S/C25H32N2O3/c1-18(2)13-19-7-8-23-24(14-19)30-12-11-27(25(23)29)17-22(28)16-26-10-9-20-5-3-4-6-21(20)15-26/h3-8,14,18,22,28H,9-13,15-17H2,1-2H3/t22-/m1/s1. The maximum absolute atomic E-state index is 13.1. The summed E-state index contributed by atoms with van der Waals surface area (Å²) in [5.74, 6) is 1.17. The zero-order valence-corrected chi connectivity index (χ0v) is 18.0. The lowest BCUT2D eigenvalue weighted by Crippen LogP contribution is -2.44. The third-order valence-electron chi connectivity index (χ3n) is 5.94. The molecule has 5 heteroatoms. The molecule has 4 rings (SSSR count). The zero-order valence-electron chi connectivity index (χ0n) is 18.0. The fourth-order valence-corrected chi connectivity index (χ4v) is 4.49. The molecule has 2 aromatic rings. The van der Waals surface area contributed by atoms with Crippen LogP contribution in [0.5, 0.6) is 5.75 Å². The number of carbonyl (C=O) groups is 1. The number of hydrogen-bond donors (Lipinski definition) is 1. The Morgan fingerprint density at radius 2 is 1.87 bits per heavy atom. The molecule has 160 valence electrons. The number of ether oxygens (including phenoxy) is 1. The average molecular weight is 409 g/mol. The summed E-state index contributed by atoms with van der Waals surface area (Å²) < 4.78 is 5.89. The minimum atomic E-state index is -0.582. The van der Waals surface area contributed by atoms with Crippen molar-refractivity contribution in [2.24, 2.45) is 5.92 Å². The fraction of sp³-hybridized carbons (Fsp3) is 0.480. The highest BCUT2D eigenvalue weighted by Crippen LogP contribution is 2.26. The normalized spacial score (nSPS) is 17.9. The van der Waals surface area contributed by atoms with Crippen LogP contribution in [0.4, 0.5) is 0 Å². The Hall–Kier alpha value is -2.37. The van der Waals surface area contributed by atoms with Gasteiger partial charge in [-0.2, -0.15) is 0 Å². The van der Waals surface area contributed by atoms with Crippen molar-refractivity contribution in [1.29, 1.82) is 0 Å². The van der Waals surface area contributed by atoms with E-state index in [0.717, 1.165) is 25.9 Å². The van der Waals surface area contributed by atoms with E-state index in [0.29, 0.717) is 43.5 Å². The van der Waals surface area contributed by atoms with Crippen LogP contribution in [0.15, 0.2) is 42.5 Å². The summed E-state index contributed by atoms with van der Waals surface area (Å²) in [6, 6.07) is 14.4. The monoisotopic (exact) mass is 408 g/mol. The Labute approximate surface area is 179 Å². The van der Waals surface area contributed by atoms with Crippen LogP contribution in [-0.4, -0.2) is 59.7 Å². The van der Waals surface area contributed by atoms with Gasteiger partial charge in [0.1, 0.15) is 12.4 Å². The minimum Gasteiger partial charge on any atom is -0.491 e. The SMILES string of the molecule is CC(C)Cc1ccc2c(c1)OCCN(C[C@H](O)CN1CCc3ccccc3C1)C2=O. The van der Waals surface area contributed by atoms with Crippen molar-refractivity contribution in [1.82, 2.24) is 9.80 Å². The lowest BCUT2D eigenvalue weighted by Gasteiger charge is -2.32. The van der Waals surface area contributed by atoms with Crippen LogP contribution in [0.25, 0.3) is 0 Å². The molecule has 2 aliphatic rings. The Kier molecular flexibility index (Phi) is 6.40. The van der Waals surface area contributed by atoms with E-state index in [4.69, 9.17) is 4.74 Å². The molecule has 2 aliphatic heterocycles. The molecule has 0 aromatic heterocycles. The van der Waals surface area contributed by atoms with Gasteiger partial charge in [-0.3, -0.25) is 9.69 Å². The largest absolute Gasteiger partial charge is 0.491 e. The smallest absolute Gasteiger partial charge is 0.257 e. The fourth-order valence-electron chi connectivity index (χ4n) is 4.49. The maximum atomic E-state index is 13.1. The molecule has 0 saturated heterocycles. The quantitative estimate of drug-likeness (QED) is 0.798. The number of rotatable bonds is 6. The number of β-amino-alcohol motifs (C(OH)–C–C–N with tert-alkyl or cyclic N) is 1. The van der Waals surface area contributed by atoms with E-state index < -0.39 is 6.10 Å². The van der Waals surface area contributed by atoms with Crippen molar-refractivity contribution in [2.75, 3.05) is 32.8 Å². The molecule has 0 aliphatic carbocycles. The Balaban J connectivity index is 1.38. The molecule has 0 radical (unpaired) electrons. The van der Waals surface area contributed by atoms with Gasteiger partial charge >= 0.3 is 0 Å². The highest BCUT2D eigenvalue weighted by Gasteiger charge is 2.27. The summed E-state index contributed by atoms with van der Waals surface area (Å²) in [6.45, 7) is 8.00. The lowest BCUT2D eigenvalue weighted by molar-refractivity contribution is 0.0501. The van der Waals surface area contributed by atoms with Crippen molar-refractivity contribution < 1.29 is 14.6 Å². The second kappa shape index (κ2) is 9.19. The third-order valence-corrected chi connectivity index (χ3v) is 5.94. The Morgan fingerprint density at radius 3 is 2.67 bits per heavy atom. The van der Waals surface area contributed by atoms with Gasteiger partial charge in [0.2, 0.25) is 0 Å². The Morgan fingerprint density at radius 1 is 1.07 bits per heavy atom. The van der Waals surface area contributed by atoms with Gasteiger partial charge < -0.3 is 14.7 Å². The van der Waals surface area contributed by atoms with Gasteiger partial charge in [0.05, 0.1) is 18.2 Å². The summed E-state index contributed by atoms with van der Waals surface area (Å²) in [7, 11) is 0. The number of carbonyl (C=O) groups excluding carboxylic acids is 1. The van der Waals surface area contributed by atoms with Crippen LogP contribution >= 0.6 is 0 Å². The average Bonchev–Trinajstić information content (AvgIpc) is 2.86. The summed E-state index contributed by atoms with van der Waals surface area (Å²) in [5, 5.41) is 10.7. The van der Waals surface area contributed by atoms with E-state index in [1.54, 1.807) is 4.90 Å². The summed E-state index contributed by atoms with van der Waals surface area (Å²) in [5.41, 5.74) is 4.52. The first-order valence-electron chi connectivity index (χ1n) is 11.0. The molecule has 2 heterocycles. The molecule has 1 N–H and O–H groups in total. The molecule has 30 heavy (non-hydrogen) atoms. The van der Waals surface area contributed by atoms with E-state index in [9.17, 15) is 9.90 Å². The van der Waals surface area contributed by atoms with Crippen molar-refractivity contribution in [2.45, 2.75) is 39.3 Å². The number of nitrogens with zero attached hydrogens (tertiary/aromatic N) is 2. The predicted molar refractivity (Wildman–Crippen MR) is 118 cm³/mol. The highest BCUT2D eigenvalue weighted by molar-refractivity contribution is 5.97. The van der Waals surface area contributed by atoms with Gasteiger partial charge in [-0.1, -0.05) is 44.2 Å². The summed E-state index contributed by atoms with van der Waals surface area (Å²) >= 11 is 0. The molecule has 0 unspecified atom stereocenters. The van der Waals surface area contributed by atoms with Crippen molar-refractivity contribution in [3.05, 3.63) is 64.7 Å². The molecule has 0 spiro atoms. The lowest BCUT2D eigenvalue weighted by atomic mass is 9.99. The molecule has 0 saturated carbocycles. The molecule has 5 nitrogen and oxygen atoms in total. The predicted octanol–water partition coefficient (Wildman–Crippen LogP) is 3.14. The van der Waals surface area contributed by atoms with E-state index in [2.05, 4.69) is 43.0 Å². The minimum absolute atomic E-state index is 0.0540. The molecular formula is C25H32N2O3. The summed E-state index contributed by atoms with van der Waals surface area (Å²) in [6.07, 6.45) is 1.39. The van der Waals surface area contributed by atoms with E-state index >= 15 is 0 Å². The first-order valence-corrected chi connectivity index (χ1v) is 11.0. The Bertz CT molecular complexity index is 896. The number of aliphatic hydroxyl groups is 1. The van der Waals surface area contributed by atoms with Crippen molar-refractivity contribution >= 4 is 5.91 Å². The van der Waals surface area contributed by atoms with Crippen LogP contribution in [0, 0.1) is 5.92 Å². The number of benzene rings is 2. The van der Waals surface area contributed by atoms with Gasteiger partial charge in [-0.25, -0.2) is 0 Å². The van der Waals surface area contributed by atoms with Gasteiger partial charge in [0.25, 0.3) is 5.91 Å². The van der Waals surface area contributed by atoms with Gasteiger partial charge in [0.15, 0.2) is 0 Å². The maximum Gasteiger partial charge on any atom is 0.257 e. The second-order valence-corrected chi connectivity index (χ2v) is 8.94. The van der Waals surface area contributed by atoms with Gasteiger partial charge in [-0.05, 0) is 47.6 Å². The van der Waals surface area contributed by atoms with E-state index in [-0.39, 0.29) is 5.91 Å². The van der Waals surface area contributed by atoms with E-state index in [1.165, 1.54) is 16.7 Å². The number of aliphatic hydroxyl groups excluding tert-OH is 1. The van der Waals surface area contributed by atoms with Crippen LogP contribution < -0.4 is 4.74 Å². The molecule has 1 amide bonds. The number of amides is 1. The van der Waals surface area contributed by atoms with Crippen LogP contribution in [0.2, 0.25) is 0 Å². The molecule has 0 fully saturated rings. The third kappa shape index (κ3) is 4.85. The molecular weight excluding hydrogens is 376 g/mol. The van der Waals surface area contributed by atoms with E-state index in [1.807, 2.05) is 18.2 Å². The first kappa shape index (κ1) is 20.9. The van der Waals surface area contributed by atoms with Gasteiger partial charge in [-0.15, -0.1) is 0 Å². The first-order chi connectivity index (χ1) is 14.5. The number of hydrogen-bond acceptors (Lipinski definition) is 4.